The molecule has 0 aliphatic rings. The van der Waals surface area contributed by atoms with E-state index in [0.29, 0.717) is 6.54 Å². The Morgan fingerprint density at radius 1 is 1.47 bits per heavy atom. The lowest BCUT2D eigenvalue weighted by Crippen LogP contribution is -2.38. The number of nitrogens with zero attached hydrogens (tertiary/aromatic N) is 3. The van der Waals surface area contributed by atoms with Crippen LogP contribution >= 0.6 is 0 Å². The molecular formula is C13H25N5O. The van der Waals surface area contributed by atoms with Gasteiger partial charge >= 0.3 is 0 Å². The number of aromatic nitrogens is 3. The zero-order valence-electron chi connectivity index (χ0n) is 12.1. The molecule has 0 aromatic carbocycles. The van der Waals surface area contributed by atoms with Gasteiger partial charge in [0, 0.05) is 12.2 Å². The van der Waals surface area contributed by atoms with Crippen molar-refractivity contribution in [3.05, 3.63) is 11.9 Å². The van der Waals surface area contributed by atoms with E-state index in [1.165, 1.54) is 0 Å². The van der Waals surface area contributed by atoms with Gasteiger partial charge in [0.15, 0.2) is 0 Å². The first-order valence-electron chi connectivity index (χ1n) is 7.03. The highest BCUT2D eigenvalue weighted by Gasteiger charge is 2.18. The van der Waals surface area contributed by atoms with Crippen LogP contribution in [0.4, 0.5) is 0 Å². The second-order valence-corrected chi connectivity index (χ2v) is 4.78. The zero-order valence-corrected chi connectivity index (χ0v) is 12.1. The van der Waals surface area contributed by atoms with E-state index in [2.05, 4.69) is 29.5 Å². The minimum Gasteiger partial charge on any atom is -0.352 e. The van der Waals surface area contributed by atoms with Crippen LogP contribution in [0, 0.1) is 0 Å². The molecule has 1 heterocycles. The van der Waals surface area contributed by atoms with Crippen LogP contribution in [0.15, 0.2) is 6.20 Å². The maximum Gasteiger partial charge on any atom is 0.244 e. The van der Waals surface area contributed by atoms with Crippen molar-refractivity contribution in [2.45, 2.75) is 58.5 Å². The van der Waals surface area contributed by atoms with E-state index in [9.17, 15) is 4.79 Å². The van der Waals surface area contributed by atoms with Crippen molar-refractivity contribution in [2.75, 3.05) is 6.54 Å². The summed E-state index contributed by atoms with van der Waals surface area (Å²) in [6, 6.07) is -0.102. The summed E-state index contributed by atoms with van der Waals surface area (Å²) in [6.45, 7) is 6.61. The van der Waals surface area contributed by atoms with Crippen LogP contribution in [0.25, 0.3) is 0 Å². The van der Waals surface area contributed by atoms with Crippen molar-refractivity contribution < 1.29 is 4.79 Å². The van der Waals surface area contributed by atoms with Crippen LogP contribution in [0.2, 0.25) is 0 Å². The lowest BCUT2D eigenvalue weighted by Gasteiger charge is -2.18. The Labute approximate surface area is 114 Å². The molecule has 0 bridgehead atoms. The maximum absolute atomic E-state index is 12.1. The molecule has 0 saturated carbocycles. The summed E-state index contributed by atoms with van der Waals surface area (Å²) in [5, 5.41) is 11.1. The third-order valence-corrected chi connectivity index (χ3v) is 3.30. The van der Waals surface area contributed by atoms with Gasteiger partial charge in [-0.15, -0.1) is 5.10 Å². The Morgan fingerprint density at radius 2 is 2.16 bits per heavy atom. The smallest absolute Gasteiger partial charge is 0.244 e. The predicted octanol–water partition coefficient (Wildman–Crippen LogP) is 1.04. The fourth-order valence-corrected chi connectivity index (χ4v) is 1.84. The number of hydrogen-bond acceptors (Lipinski definition) is 4. The molecule has 0 aliphatic carbocycles. The minimum atomic E-state index is -0.334. The fraction of sp³-hybridized carbons (Fsp3) is 0.769. The number of rotatable bonds is 8. The molecule has 3 N–H and O–H groups in total. The minimum absolute atomic E-state index is 0.0102. The van der Waals surface area contributed by atoms with Crippen molar-refractivity contribution in [2.24, 2.45) is 5.73 Å². The molecule has 0 aliphatic heterocycles. The largest absolute Gasteiger partial charge is 0.352 e. The molecule has 0 radical (unpaired) electrons. The number of aryl methyl sites for hydroxylation is 1. The Balaban J connectivity index is 2.58. The Kier molecular flexibility index (Phi) is 6.49. The van der Waals surface area contributed by atoms with E-state index in [-0.39, 0.29) is 18.0 Å². The van der Waals surface area contributed by atoms with Crippen molar-refractivity contribution in [3.63, 3.8) is 0 Å². The van der Waals surface area contributed by atoms with Crippen LogP contribution in [-0.4, -0.2) is 33.5 Å². The predicted molar refractivity (Wildman–Crippen MR) is 74.6 cm³/mol. The molecule has 1 aromatic rings. The van der Waals surface area contributed by atoms with Gasteiger partial charge in [0.1, 0.15) is 6.04 Å². The highest BCUT2D eigenvalue weighted by molar-refractivity contribution is 5.80. The molecule has 0 saturated heterocycles. The molecule has 6 heteroatoms. The van der Waals surface area contributed by atoms with Gasteiger partial charge in [-0.1, -0.05) is 19.1 Å². The molecule has 0 fully saturated rings. The third kappa shape index (κ3) is 4.63. The van der Waals surface area contributed by atoms with Gasteiger partial charge in [-0.25, -0.2) is 4.68 Å². The summed E-state index contributed by atoms with van der Waals surface area (Å²) in [5.41, 5.74) is 6.34. The summed E-state index contributed by atoms with van der Waals surface area (Å²) in [5.74, 6) is -0.0102. The van der Waals surface area contributed by atoms with Gasteiger partial charge in [-0.05, 0) is 39.2 Å². The summed E-state index contributed by atoms with van der Waals surface area (Å²) in [4.78, 5) is 12.1. The topological polar surface area (TPSA) is 85.8 Å². The average Bonchev–Trinajstić information content (AvgIpc) is 2.90. The van der Waals surface area contributed by atoms with Crippen molar-refractivity contribution in [3.8, 4) is 0 Å². The molecule has 1 amide bonds. The summed E-state index contributed by atoms with van der Waals surface area (Å²) in [6.07, 6.45) is 5.39. The summed E-state index contributed by atoms with van der Waals surface area (Å²) in [7, 11) is 0. The first kappa shape index (κ1) is 15.6. The Hall–Kier alpha value is -1.43. The lowest BCUT2D eigenvalue weighted by molar-refractivity contribution is -0.124. The number of hydrogen-bond donors (Lipinski definition) is 2. The van der Waals surface area contributed by atoms with Gasteiger partial charge in [0.2, 0.25) is 5.91 Å². The normalized spacial score (nSPS) is 12.7. The number of amides is 1. The highest BCUT2D eigenvalue weighted by atomic mass is 16.2. The average molecular weight is 267 g/mol. The van der Waals surface area contributed by atoms with E-state index in [0.717, 1.165) is 31.4 Å². The van der Waals surface area contributed by atoms with Gasteiger partial charge in [-0.2, -0.15) is 0 Å². The Morgan fingerprint density at radius 3 is 2.74 bits per heavy atom. The van der Waals surface area contributed by atoms with Crippen molar-refractivity contribution in [1.29, 1.82) is 0 Å². The molecule has 1 unspecified atom stereocenters. The molecule has 108 valence electrons. The maximum atomic E-state index is 12.1. The van der Waals surface area contributed by atoms with E-state index in [1.54, 1.807) is 4.68 Å². The monoisotopic (exact) mass is 267 g/mol. The summed E-state index contributed by atoms with van der Waals surface area (Å²) >= 11 is 0. The van der Waals surface area contributed by atoms with Crippen LogP contribution in [0.1, 0.15) is 51.8 Å². The number of nitrogens with two attached hydrogens (primary N) is 1. The van der Waals surface area contributed by atoms with Crippen molar-refractivity contribution in [1.82, 2.24) is 20.3 Å². The molecule has 1 aromatic heterocycles. The number of carbonyl (C=O) groups excluding carboxylic acids is 1. The highest BCUT2D eigenvalue weighted by Crippen LogP contribution is 2.07. The standard InChI is InChI=1S/C13H25N5O/c1-4-11(5-2)15-13(19)10(3)18-9-12(16-17-18)7-6-8-14/h9-11H,4-8,14H2,1-3H3,(H,15,19). The first-order chi connectivity index (χ1) is 9.12. The third-order valence-electron chi connectivity index (χ3n) is 3.30. The van der Waals surface area contributed by atoms with E-state index < -0.39 is 0 Å². The van der Waals surface area contributed by atoms with Gasteiger partial charge < -0.3 is 11.1 Å². The molecule has 19 heavy (non-hydrogen) atoms. The van der Waals surface area contributed by atoms with Crippen LogP contribution < -0.4 is 11.1 Å². The number of nitrogens with one attached hydrogen (secondary N) is 1. The number of carbonyl (C=O) groups is 1. The summed E-state index contributed by atoms with van der Waals surface area (Å²) < 4.78 is 1.61. The molecule has 1 atom stereocenters. The van der Waals surface area contributed by atoms with Crippen molar-refractivity contribution >= 4 is 5.91 Å². The molecule has 0 spiro atoms. The first-order valence-corrected chi connectivity index (χ1v) is 7.03. The second kappa shape index (κ2) is 7.89. The van der Waals surface area contributed by atoms with Gasteiger partial charge in [0.05, 0.1) is 5.69 Å². The second-order valence-electron chi connectivity index (χ2n) is 4.78. The zero-order chi connectivity index (χ0) is 14.3. The molecule has 6 nitrogen and oxygen atoms in total. The van der Waals surface area contributed by atoms with E-state index in [4.69, 9.17) is 5.73 Å². The van der Waals surface area contributed by atoms with Gasteiger partial charge in [0.25, 0.3) is 0 Å². The molecule has 1 rings (SSSR count). The molecular weight excluding hydrogens is 242 g/mol. The van der Waals surface area contributed by atoms with E-state index >= 15 is 0 Å². The quantitative estimate of drug-likeness (QED) is 0.736. The Bertz CT molecular complexity index is 386. The fourth-order valence-electron chi connectivity index (χ4n) is 1.84. The lowest BCUT2D eigenvalue weighted by atomic mass is 10.1. The van der Waals surface area contributed by atoms with Crippen LogP contribution in [0.5, 0.6) is 0 Å². The van der Waals surface area contributed by atoms with E-state index in [1.807, 2.05) is 13.1 Å². The SMILES string of the molecule is CCC(CC)NC(=O)C(C)n1cc(CCCN)nn1. The van der Waals surface area contributed by atoms with Crippen LogP contribution in [0.3, 0.4) is 0 Å². The van der Waals surface area contributed by atoms with Gasteiger partial charge in [-0.3, -0.25) is 4.79 Å². The van der Waals surface area contributed by atoms with Crippen LogP contribution in [-0.2, 0) is 11.2 Å².